The van der Waals surface area contributed by atoms with Crippen molar-refractivity contribution in [2.45, 2.75) is 5.41 Å². The van der Waals surface area contributed by atoms with Crippen LogP contribution in [0.25, 0.3) is 61.1 Å². The summed E-state index contributed by atoms with van der Waals surface area (Å²) in [6.45, 7) is 0. The van der Waals surface area contributed by atoms with Gasteiger partial charge in [0.15, 0.2) is 23.2 Å². The molecule has 0 saturated heterocycles. The Morgan fingerprint density at radius 1 is 0.500 bits per heavy atom. The van der Waals surface area contributed by atoms with Crippen molar-refractivity contribution in [3.8, 4) is 51.0 Å². The lowest BCUT2D eigenvalue weighted by Crippen LogP contribution is -2.32. The second-order valence-electron chi connectivity index (χ2n) is 14.3. The van der Waals surface area contributed by atoms with Crippen LogP contribution in [-0.4, -0.2) is 15.0 Å². The topological polar surface area (TPSA) is 51.1 Å². The highest BCUT2D eigenvalue weighted by Crippen LogP contribution is 2.67. The van der Waals surface area contributed by atoms with Crippen molar-refractivity contribution in [1.29, 1.82) is 0 Å². The summed E-state index contributed by atoms with van der Waals surface area (Å²) in [7, 11) is 0. The van der Waals surface area contributed by atoms with Gasteiger partial charge in [0.2, 0.25) is 0 Å². The van der Waals surface area contributed by atoms with E-state index in [9.17, 15) is 0 Å². The van der Waals surface area contributed by atoms with Crippen molar-refractivity contribution >= 4 is 38.5 Å². The molecule has 0 saturated carbocycles. The number of benzene rings is 7. The highest BCUT2D eigenvalue weighted by Gasteiger charge is 2.59. The van der Waals surface area contributed by atoms with E-state index in [0.717, 1.165) is 50.8 Å². The molecule has 5 nitrogen and oxygen atoms in total. The van der Waals surface area contributed by atoms with Crippen LogP contribution in [0.1, 0.15) is 21.6 Å². The van der Waals surface area contributed by atoms with Gasteiger partial charge >= 0.3 is 0 Å². The molecule has 0 N–H and O–H groups in total. The normalized spacial score (nSPS) is 16.0. The van der Waals surface area contributed by atoms with Crippen molar-refractivity contribution in [2.24, 2.45) is 0 Å². The number of ether oxygens (including phenoxy) is 1. The SMILES string of the molecule is c1ccc(-c2nc(-c3ccccc3)nc(-c3ccc4c(c3)-c3ccccc3C43C4=C(c5c3sc3ccccc53)N(c3ccccc3)c3ccccc3O4)n2)cc1. The average molecular weight is 735 g/mol. The predicted molar refractivity (Wildman–Crippen MR) is 226 cm³/mol. The molecule has 7 aromatic carbocycles. The van der Waals surface area contributed by atoms with E-state index in [1.807, 2.05) is 72.0 Å². The van der Waals surface area contributed by atoms with Gasteiger partial charge in [0.25, 0.3) is 0 Å². The first-order valence-corrected chi connectivity index (χ1v) is 19.6. The molecule has 6 heteroatoms. The molecule has 0 bridgehead atoms. The second-order valence-corrected chi connectivity index (χ2v) is 15.4. The molecule has 2 aromatic heterocycles. The quantitative estimate of drug-likeness (QED) is 0.180. The molecule has 56 heavy (non-hydrogen) atoms. The monoisotopic (exact) mass is 734 g/mol. The van der Waals surface area contributed by atoms with E-state index in [1.54, 1.807) is 0 Å². The fourth-order valence-corrected chi connectivity index (χ4v) is 10.4. The first-order chi connectivity index (χ1) is 27.8. The number of fused-ring (bicyclic) bond motifs is 12. The smallest absolute Gasteiger partial charge is 0.164 e. The van der Waals surface area contributed by atoms with Crippen LogP contribution in [0.15, 0.2) is 188 Å². The van der Waals surface area contributed by atoms with Gasteiger partial charge in [0, 0.05) is 42.9 Å². The van der Waals surface area contributed by atoms with E-state index in [-0.39, 0.29) is 0 Å². The standard InChI is InChI=1S/C50H30N4OS/c1-4-16-31(17-5-1)47-51-48(32-18-6-2-7-19-32)53-49(52-47)33-28-29-39-37(30-33)35-22-10-12-24-38(35)50(39)45-44(43-36-23-11-15-27-42(36)56-46(43)50)54(34-20-8-3-9-21-34)40-25-13-14-26-41(40)55-45/h1-30H. The highest BCUT2D eigenvalue weighted by atomic mass is 32.1. The minimum absolute atomic E-state index is 0.630. The van der Waals surface area contributed by atoms with Crippen molar-refractivity contribution in [3.05, 3.63) is 209 Å². The van der Waals surface area contributed by atoms with Gasteiger partial charge in [-0.1, -0.05) is 146 Å². The van der Waals surface area contributed by atoms with Gasteiger partial charge in [0.1, 0.15) is 11.2 Å². The number of thiophene rings is 1. The van der Waals surface area contributed by atoms with Crippen LogP contribution in [0.4, 0.5) is 11.4 Å². The Bertz CT molecular complexity index is 3010. The van der Waals surface area contributed by atoms with Crippen LogP contribution in [0.3, 0.4) is 0 Å². The van der Waals surface area contributed by atoms with Gasteiger partial charge in [0.05, 0.1) is 11.4 Å². The predicted octanol–water partition coefficient (Wildman–Crippen LogP) is 12.3. The van der Waals surface area contributed by atoms with Gasteiger partial charge in [-0.2, -0.15) is 0 Å². The lowest BCUT2D eigenvalue weighted by atomic mass is 9.76. The Balaban J connectivity index is 1.14. The van der Waals surface area contributed by atoms with Crippen LogP contribution in [0.5, 0.6) is 5.75 Å². The van der Waals surface area contributed by atoms with Crippen LogP contribution in [0, 0.1) is 0 Å². The summed E-state index contributed by atoms with van der Waals surface area (Å²) in [5.74, 6) is 3.68. The van der Waals surface area contributed by atoms with Crippen molar-refractivity contribution in [1.82, 2.24) is 15.0 Å². The number of nitrogens with zero attached hydrogens (tertiary/aromatic N) is 4. The van der Waals surface area contributed by atoms with E-state index in [1.165, 1.54) is 37.2 Å². The van der Waals surface area contributed by atoms with Crippen LogP contribution < -0.4 is 9.64 Å². The summed E-state index contributed by atoms with van der Waals surface area (Å²) in [5.41, 5.74) is 11.3. The van der Waals surface area contributed by atoms with Gasteiger partial charge in [-0.15, -0.1) is 11.3 Å². The second kappa shape index (κ2) is 11.9. The maximum Gasteiger partial charge on any atom is 0.164 e. The Hall–Kier alpha value is -7.15. The number of rotatable bonds is 4. The average Bonchev–Trinajstić information content (AvgIpc) is 3.89. The Morgan fingerprint density at radius 2 is 1.09 bits per heavy atom. The lowest BCUT2D eigenvalue weighted by molar-refractivity contribution is 0.371. The number of para-hydroxylation sites is 3. The third kappa shape index (κ3) is 4.33. The van der Waals surface area contributed by atoms with E-state index in [2.05, 4.69) is 126 Å². The third-order valence-corrected chi connectivity index (χ3v) is 12.6. The summed E-state index contributed by atoms with van der Waals surface area (Å²) in [4.78, 5) is 18.9. The molecule has 3 heterocycles. The molecule has 2 aliphatic carbocycles. The number of hydrogen-bond acceptors (Lipinski definition) is 6. The minimum atomic E-state index is -0.692. The Kier molecular flexibility index (Phi) is 6.65. The number of anilines is 2. The molecule has 1 unspecified atom stereocenters. The van der Waals surface area contributed by atoms with Crippen LogP contribution >= 0.6 is 11.3 Å². The molecule has 1 spiro atoms. The molecule has 262 valence electrons. The number of hydrogen-bond donors (Lipinski definition) is 0. The van der Waals surface area contributed by atoms with Crippen LogP contribution in [0.2, 0.25) is 0 Å². The van der Waals surface area contributed by atoms with E-state index >= 15 is 0 Å². The molecule has 3 aliphatic rings. The van der Waals surface area contributed by atoms with E-state index < -0.39 is 5.41 Å². The maximum absolute atomic E-state index is 7.30. The first kappa shape index (κ1) is 31.2. The summed E-state index contributed by atoms with van der Waals surface area (Å²) in [6, 6.07) is 63.8. The summed E-state index contributed by atoms with van der Waals surface area (Å²) in [6.07, 6.45) is 0. The summed E-state index contributed by atoms with van der Waals surface area (Å²) in [5, 5.41) is 1.23. The van der Waals surface area contributed by atoms with Crippen molar-refractivity contribution in [3.63, 3.8) is 0 Å². The molecule has 0 fully saturated rings. The van der Waals surface area contributed by atoms with Crippen molar-refractivity contribution in [2.75, 3.05) is 4.90 Å². The van der Waals surface area contributed by atoms with Gasteiger partial charge in [-0.25, -0.2) is 15.0 Å². The molecular formula is C50H30N4OS. The molecule has 0 amide bonds. The summed E-state index contributed by atoms with van der Waals surface area (Å²) >= 11 is 1.87. The molecular weight excluding hydrogens is 705 g/mol. The van der Waals surface area contributed by atoms with E-state index in [4.69, 9.17) is 19.7 Å². The number of allylic oxidation sites excluding steroid dienone is 1. The van der Waals surface area contributed by atoms with Gasteiger partial charge in [-0.3, -0.25) is 0 Å². The fraction of sp³-hybridized carbons (Fsp3) is 0.0200. The van der Waals surface area contributed by atoms with Gasteiger partial charge in [-0.05, 0) is 58.7 Å². The Labute approximate surface area is 327 Å². The lowest BCUT2D eigenvalue weighted by Gasteiger charge is -2.37. The largest absolute Gasteiger partial charge is 0.456 e. The van der Waals surface area contributed by atoms with Crippen molar-refractivity contribution < 1.29 is 4.74 Å². The zero-order valence-electron chi connectivity index (χ0n) is 29.9. The molecule has 12 rings (SSSR count). The van der Waals surface area contributed by atoms with Gasteiger partial charge < -0.3 is 9.64 Å². The zero-order chi connectivity index (χ0) is 36.8. The third-order valence-electron chi connectivity index (χ3n) is 11.3. The highest BCUT2D eigenvalue weighted by molar-refractivity contribution is 7.19. The van der Waals surface area contributed by atoms with E-state index in [0.29, 0.717) is 17.5 Å². The molecule has 9 aromatic rings. The summed E-state index contributed by atoms with van der Waals surface area (Å²) < 4.78 is 8.56. The fourth-order valence-electron chi connectivity index (χ4n) is 8.93. The van der Waals surface area contributed by atoms with Crippen LogP contribution in [-0.2, 0) is 5.41 Å². The molecule has 1 aliphatic heterocycles. The molecule has 1 atom stereocenters. The molecule has 0 radical (unpaired) electrons. The Morgan fingerprint density at radius 3 is 1.84 bits per heavy atom. The zero-order valence-corrected chi connectivity index (χ0v) is 30.7. The first-order valence-electron chi connectivity index (χ1n) is 18.8. The number of aromatic nitrogens is 3. The maximum atomic E-state index is 7.30. The minimum Gasteiger partial charge on any atom is -0.456 e.